The average Bonchev–Trinajstić information content (AvgIpc) is 2.23. The largest absolute Gasteiger partial charge is 0.505 e. The Hall–Kier alpha value is -1.90. The Bertz CT molecular complexity index is 440. The molecule has 0 amide bonds. The van der Waals surface area contributed by atoms with Gasteiger partial charge in [0.1, 0.15) is 5.75 Å². The van der Waals surface area contributed by atoms with Crippen LogP contribution in [0.4, 0.5) is 0 Å². The number of nitrogens with zero attached hydrogens (tertiary/aromatic N) is 2. The summed E-state index contributed by atoms with van der Waals surface area (Å²) in [6.45, 7) is 1.77. The topological polar surface area (TPSA) is 46.0 Å². The van der Waals surface area contributed by atoms with Crippen molar-refractivity contribution in [3.8, 4) is 17.0 Å². The fourth-order valence-corrected chi connectivity index (χ4v) is 1.29. The van der Waals surface area contributed by atoms with Gasteiger partial charge in [-0.2, -0.15) is 0 Å². The van der Waals surface area contributed by atoms with E-state index in [4.69, 9.17) is 0 Å². The molecule has 0 radical (unpaired) electrons. The zero-order chi connectivity index (χ0) is 9.97. The van der Waals surface area contributed by atoms with Crippen LogP contribution in [0.15, 0.2) is 36.7 Å². The maximum atomic E-state index is 9.75. The van der Waals surface area contributed by atoms with Crippen molar-refractivity contribution in [1.29, 1.82) is 0 Å². The van der Waals surface area contributed by atoms with Crippen molar-refractivity contribution < 1.29 is 5.11 Å². The molecule has 0 saturated carbocycles. The zero-order valence-electron chi connectivity index (χ0n) is 7.81. The summed E-state index contributed by atoms with van der Waals surface area (Å²) < 4.78 is 0. The maximum absolute atomic E-state index is 9.75. The molecule has 0 atom stereocenters. The SMILES string of the molecule is Cc1nccc(-c2ccccn2)c1O. The highest BCUT2D eigenvalue weighted by Gasteiger charge is 2.06. The van der Waals surface area contributed by atoms with Crippen molar-refractivity contribution in [2.75, 3.05) is 0 Å². The predicted octanol–water partition coefficient (Wildman–Crippen LogP) is 2.16. The number of hydrogen-bond donors (Lipinski definition) is 1. The van der Waals surface area contributed by atoms with Crippen molar-refractivity contribution in [2.45, 2.75) is 6.92 Å². The molecule has 0 aromatic carbocycles. The molecule has 0 aliphatic heterocycles. The van der Waals surface area contributed by atoms with Gasteiger partial charge >= 0.3 is 0 Å². The summed E-state index contributed by atoms with van der Waals surface area (Å²) in [6, 6.07) is 7.34. The Morgan fingerprint density at radius 3 is 2.64 bits per heavy atom. The summed E-state index contributed by atoms with van der Waals surface area (Å²) in [7, 11) is 0. The third kappa shape index (κ3) is 1.44. The molecule has 0 fully saturated rings. The zero-order valence-corrected chi connectivity index (χ0v) is 7.81. The minimum Gasteiger partial charge on any atom is -0.505 e. The van der Waals surface area contributed by atoms with Crippen LogP contribution < -0.4 is 0 Å². The molecule has 0 aliphatic carbocycles. The van der Waals surface area contributed by atoms with Crippen LogP contribution in [-0.4, -0.2) is 15.1 Å². The second kappa shape index (κ2) is 3.46. The molecule has 0 unspecified atom stereocenters. The van der Waals surface area contributed by atoms with Crippen LogP contribution in [0.5, 0.6) is 5.75 Å². The lowest BCUT2D eigenvalue weighted by Gasteiger charge is -2.04. The Kier molecular flexibility index (Phi) is 2.14. The summed E-state index contributed by atoms with van der Waals surface area (Å²) in [6.07, 6.45) is 3.36. The first-order valence-corrected chi connectivity index (χ1v) is 4.35. The van der Waals surface area contributed by atoms with Crippen LogP contribution in [0.25, 0.3) is 11.3 Å². The van der Waals surface area contributed by atoms with Crippen molar-refractivity contribution in [3.63, 3.8) is 0 Å². The van der Waals surface area contributed by atoms with Crippen LogP contribution in [-0.2, 0) is 0 Å². The lowest BCUT2D eigenvalue weighted by Crippen LogP contribution is -1.87. The number of pyridine rings is 2. The van der Waals surface area contributed by atoms with E-state index >= 15 is 0 Å². The van der Waals surface area contributed by atoms with Gasteiger partial charge in [-0.1, -0.05) is 6.07 Å². The number of aromatic hydroxyl groups is 1. The number of aromatic nitrogens is 2. The monoisotopic (exact) mass is 186 g/mol. The van der Waals surface area contributed by atoms with Gasteiger partial charge in [0.05, 0.1) is 11.4 Å². The molecule has 14 heavy (non-hydrogen) atoms. The summed E-state index contributed by atoms with van der Waals surface area (Å²) in [5, 5.41) is 9.75. The first-order valence-electron chi connectivity index (χ1n) is 4.35. The smallest absolute Gasteiger partial charge is 0.146 e. The lowest BCUT2D eigenvalue weighted by atomic mass is 10.1. The van der Waals surface area contributed by atoms with Gasteiger partial charge in [-0.15, -0.1) is 0 Å². The number of hydrogen-bond acceptors (Lipinski definition) is 3. The van der Waals surface area contributed by atoms with Crippen molar-refractivity contribution in [1.82, 2.24) is 9.97 Å². The van der Waals surface area contributed by atoms with Gasteiger partial charge in [0.2, 0.25) is 0 Å². The summed E-state index contributed by atoms with van der Waals surface area (Å²) >= 11 is 0. The Balaban J connectivity index is 2.58. The van der Waals surface area contributed by atoms with Gasteiger partial charge in [-0.05, 0) is 25.1 Å². The summed E-state index contributed by atoms with van der Waals surface area (Å²) in [5.41, 5.74) is 2.10. The van der Waals surface area contributed by atoms with E-state index in [0.717, 1.165) is 11.3 Å². The summed E-state index contributed by atoms with van der Waals surface area (Å²) in [5.74, 6) is 0.200. The fourth-order valence-electron chi connectivity index (χ4n) is 1.29. The van der Waals surface area contributed by atoms with Crippen LogP contribution in [0.2, 0.25) is 0 Å². The molecule has 2 aromatic heterocycles. The van der Waals surface area contributed by atoms with Gasteiger partial charge in [0.25, 0.3) is 0 Å². The highest BCUT2D eigenvalue weighted by Crippen LogP contribution is 2.28. The average molecular weight is 186 g/mol. The highest BCUT2D eigenvalue weighted by atomic mass is 16.3. The Morgan fingerprint density at radius 1 is 1.07 bits per heavy atom. The molecule has 70 valence electrons. The van der Waals surface area contributed by atoms with Gasteiger partial charge in [-0.25, -0.2) is 0 Å². The Morgan fingerprint density at radius 2 is 1.93 bits per heavy atom. The molecule has 2 heterocycles. The predicted molar refractivity (Wildman–Crippen MR) is 53.9 cm³/mol. The van der Waals surface area contributed by atoms with E-state index in [9.17, 15) is 5.11 Å². The van der Waals surface area contributed by atoms with Crippen LogP contribution in [0.1, 0.15) is 5.69 Å². The molecule has 3 nitrogen and oxygen atoms in total. The quantitative estimate of drug-likeness (QED) is 0.742. The molecular formula is C11H10N2O. The van der Waals surface area contributed by atoms with Gasteiger partial charge in [0.15, 0.2) is 0 Å². The molecule has 0 spiro atoms. The first-order chi connectivity index (χ1) is 6.79. The van der Waals surface area contributed by atoms with E-state index < -0.39 is 0 Å². The lowest BCUT2D eigenvalue weighted by molar-refractivity contribution is 0.469. The molecular weight excluding hydrogens is 176 g/mol. The van der Waals surface area contributed by atoms with Gasteiger partial charge < -0.3 is 5.11 Å². The summed E-state index contributed by atoms with van der Waals surface area (Å²) in [4.78, 5) is 8.15. The Labute approximate surface area is 82.1 Å². The fraction of sp³-hybridized carbons (Fsp3) is 0.0909. The standard InChI is InChI=1S/C11H10N2O/c1-8-11(14)9(5-7-12-8)10-4-2-3-6-13-10/h2-7,14H,1H3. The van der Waals surface area contributed by atoms with Crippen molar-refractivity contribution in [2.24, 2.45) is 0 Å². The van der Waals surface area contributed by atoms with E-state index in [2.05, 4.69) is 9.97 Å². The number of rotatable bonds is 1. The molecule has 0 bridgehead atoms. The second-order valence-corrected chi connectivity index (χ2v) is 3.01. The minimum atomic E-state index is 0.200. The van der Waals surface area contributed by atoms with E-state index in [1.54, 1.807) is 25.4 Å². The normalized spacial score (nSPS) is 10.1. The number of aryl methyl sites for hydroxylation is 1. The van der Waals surface area contributed by atoms with E-state index in [-0.39, 0.29) is 5.75 Å². The third-order valence-corrected chi connectivity index (χ3v) is 2.05. The van der Waals surface area contributed by atoms with E-state index in [0.29, 0.717) is 5.69 Å². The van der Waals surface area contributed by atoms with Crippen molar-refractivity contribution >= 4 is 0 Å². The van der Waals surface area contributed by atoms with Crippen LogP contribution in [0, 0.1) is 6.92 Å². The highest BCUT2D eigenvalue weighted by molar-refractivity contribution is 5.66. The molecule has 0 saturated heterocycles. The maximum Gasteiger partial charge on any atom is 0.146 e. The van der Waals surface area contributed by atoms with Crippen molar-refractivity contribution in [3.05, 3.63) is 42.4 Å². The third-order valence-electron chi connectivity index (χ3n) is 2.05. The molecule has 2 aromatic rings. The molecule has 1 N–H and O–H groups in total. The van der Waals surface area contributed by atoms with E-state index in [1.807, 2.05) is 18.2 Å². The first kappa shape index (κ1) is 8.69. The van der Waals surface area contributed by atoms with Gasteiger partial charge in [0, 0.05) is 18.0 Å². The molecule has 0 aliphatic rings. The van der Waals surface area contributed by atoms with Crippen LogP contribution >= 0.6 is 0 Å². The minimum absolute atomic E-state index is 0.200. The molecule has 3 heteroatoms. The second-order valence-electron chi connectivity index (χ2n) is 3.01. The van der Waals surface area contributed by atoms with E-state index in [1.165, 1.54) is 0 Å². The molecule has 2 rings (SSSR count). The van der Waals surface area contributed by atoms with Crippen LogP contribution in [0.3, 0.4) is 0 Å². The van der Waals surface area contributed by atoms with Gasteiger partial charge in [-0.3, -0.25) is 9.97 Å².